The monoisotopic (exact) mass is 464 g/mol. The van der Waals surface area contributed by atoms with E-state index in [9.17, 15) is 14.4 Å². The van der Waals surface area contributed by atoms with E-state index in [1.165, 1.54) is 14.2 Å². The molecule has 0 bridgehead atoms. The average molecular weight is 464 g/mol. The summed E-state index contributed by atoms with van der Waals surface area (Å²) in [6.07, 6.45) is 0. The number of amides is 1. The fourth-order valence-corrected chi connectivity index (χ4v) is 4.58. The van der Waals surface area contributed by atoms with Crippen molar-refractivity contribution in [3.8, 4) is 11.5 Å². The zero-order valence-corrected chi connectivity index (χ0v) is 19.2. The molecule has 0 spiro atoms. The lowest BCUT2D eigenvalue weighted by Crippen LogP contribution is -2.15. The maximum atomic E-state index is 13.4. The van der Waals surface area contributed by atoms with Crippen LogP contribution in [0.3, 0.4) is 0 Å². The van der Waals surface area contributed by atoms with Crippen LogP contribution in [0, 0.1) is 13.8 Å². The number of nitrogens with zero attached hydrogens (tertiary/aromatic N) is 1. The molecular weight excluding hydrogens is 444 g/mol. The number of fused-ring (bicyclic) bond motifs is 1. The number of thiophene rings is 1. The van der Waals surface area contributed by atoms with Crippen molar-refractivity contribution >= 4 is 45.1 Å². The number of methoxy groups -OCH3 is 2. The third kappa shape index (κ3) is 4.10. The number of carbonyl (C=O) groups excluding carboxylic acids is 3. The van der Waals surface area contributed by atoms with Gasteiger partial charge in [0.25, 0.3) is 5.91 Å². The van der Waals surface area contributed by atoms with Crippen LogP contribution in [0.2, 0.25) is 0 Å². The summed E-state index contributed by atoms with van der Waals surface area (Å²) in [4.78, 5) is 42.8. The molecule has 0 saturated heterocycles. The van der Waals surface area contributed by atoms with Crippen LogP contribution in [0.4, 0.5) is 5.00 Å². The molecule has 1 N–H and O–H groups in total. The van der Waals surface area contributed by atoms with E-state index < -0.39 is 17.8 Å². The molecule has 168 valence electrons. The summed E-state index contributed by atoms with van der Waals surface area (Å²) in [6, 6.07) is 12.5. The first-order valence-electron chi connectivity index (χ1n) is 9.92. The summed E-state index contributed by atoms with van der Waals surface area (Å²) in [6.45, 7) is 3.42. The fourth-order valence-electron chi connectivity index (χ4n) is 3.47. The number of hydrogen-bond acceptors (Lipinski definition) is 8. The van der Waals surface area contributed by atoms with Gasteiger partial charge in [0, 0.05) is 5.39 Å². The molecule has 0 fully saturated rings. The number of aromatic nitrogens is 1. The third-order valence-corrected chi connectivity index (χ3v) is 6.28. The second-order valence-corrected chi connectivity index (χ2v) is 8.20. The molecule has 0 aliphatic rings. The van der Waals surface area contributed by atoms with E-state index in [2.05, 4.69) is 10.3 Å². The Labute approximate surface area is 193 Å². The normalized spacial score (nSPS) is 10.8. The standard InChI is InChI=1S/C24H20N2O6S/c1-12-9-10-18(32-12)17-11-15(14-7-5-6-8-16(14)25-17)21(27)26-22-19(23(28)30-3)13(2)20(33-22)24(29)31-4/h5-11H,1-4H3,(H,26,27). The summed E-state index contributed by atoms with van der Waals surface area (Å²) >= 11 is 0.953. The SMILES string of the molecule is COC(=O)c1sc(NC(=O)c2cc(-c3ccc(C)o3)nc3ccccc23)c(C(=O)OC)c1C. The zero-order valence-electron chi connectivity index (χ0n) is 18.3. The van der Waals surface area contributed by atoms with Crippen LogP contribution in [0.25, 0.3) is 22.4 Å². The molecule has 9 heteroatoms. The predicted molar refractivity (Wildman–Crippen MR) is 124 cm³/mol. The van der Waals surface area contributed by atoms with Crippen molar-refractivity contribution in [1.82, 2.24) is 4.98 Å². The van der Waals surface area contributed by atoms with E-state index in [-0.39, 0.29) is 15.4 Å². The number of carbonyl (C=O) groups is 3. The first-order valence-corrected chi connectivity index (χ1v) is 10.7. The molecule has 33 heavy (non-hydrogen) atoms. The van der Waals surface area contributed by atoms with Crippen molar-refractivity contribution in [3.63, 3.8) is 0 Å². The number of pyridine rings is 1. The molecule has 1 amide bonds. The number of esters is 2. The van der Waals surface area contributed by atoms with Crippen LogP contribution in [0.15, 0.2) is 46.9 Å². The van der Waals surface area contributed by atoms with Gasteiger partial charge in [-0.1, -0.05) is 18.2 Å². The van der Waals surface area contributed by atoms with Crippen LogP contribution >= 0.6 is 11.3 Å². The molecule has 4 rings (SSSR count). The highest BCUT2D eigenvalue weighted by Crippen LogP contribution is 2.35. The minimum Gasteiger partial charge on any atom is -0.465 e. The van der Waals surface area contributed by atoms with Gasteiger partial charge in [0.05, 0.1) is 30.9 Å². The van der Waals surface area contributed by atoms with E-state index in [0.717, 1.165) is 17.1 Å². The number of nitrogens with one attached hydrogen (secondary N) is 1. The highest BCUT2D eigenvalue weighted by atomic mass is 32.1. The largest absolute Gasteiger partial charge is 0.465 e. The van der Waals surface area contributed by atoms with E-state index >= 15 is 0 Å². The molecule has 3 aromatic heterocycles. The molecule has 0 radical (unpaired) electrons. The van der Waals surface area contributed by atoms with Gasteiger partial charge in [-0.15, -0.1) is 11.3 Å². The number of aryl methyl sites for hydroxylation is 1. The maximum absolute atomic E-state index is 13.4. The molecule has 3 heterocycles. The lowest BCUT2D eigenvalue weighted by Gasteiger charge is -2.10. The van der Waals surface area contributed by atoms with Crippen molar-refractivity contribution in [3.05, 3.63) is 69.8 Å². The summed E-state index contributed by atoms with van der Waals surface area (Å²) < 4.78 is 15.4. The Morgan fingerprint density at radius 1 is 1.00 bits per heavy atom. The van der Waals surface area contributed by atoms with Crippen molar-refractivity contribution in [1.29, 1.82) is 0 Å². The van der Waals surface area contributed by atoms with Crippen molar-refractivity contribution in [2.45, 2.75) is 13.8 Å². The van der Waals surface area contributed by atoms with Gasteiger partial charge in [-0.25, -0.2) is 14.6 Å². The Morgan fingerprint density at radius 2 is 1.73 bits per heavy atom. The van der Waals surface area contributed by atoms with Crippen LogP contribution in [0.1, 0.15) is 41.7 Å². The molecular formula is C24H20N2O6S. The maximum Gasteiger partial charge on any atom is 0.348 e. The number of rotatable bonds is 5. The second kappa shape index (κ2) is 8.87. The number of hydrogen-bond donors (Lipinski definition) is 1. The smallest absolute Gasteiger partial charge is 0.348 e. The second-order valence-electron chi connectivity index (χ2n) is 7.18. The quantitative estimate of drug-likeness (QED) is 0.414. The lowest BCUT2D eigenvalue weighted by atomic mass is 10.1. The molecule has 4 aromatic rings. The van der Waals surface area contributed by atoms with Gasteiger partial charge in [0.1, 0.15) is 21.3 Å². The van der Waals surface area contributed by atoms with Gasteiger partial charge in [0.2, 0.25) is 0 Å². The van der Waals surface area contributed by atoms with Gasteiger partial charge >= 0.3 is 11.9 Å². The topological polar surface area (TPSA) is 108 Å². The molecule has 0 atom stereocenters. The molecule has 0 aliphatic heterocycles. The number of anilines is 1. The Bertz CT molecular complexity index is 1400. The first-order chi connectivity index (χ1) is 15.8. The Balaban J connectivity index is 1.82. The third-order valence-electron chi connectivity index (χ3n) is 5.09. The highest BCUT2D eigenvalue weighted by molar-refractivity contribution is 7.18. The van der Waals surface area contributed by atoms with Crippen LogP contribution < -0.4 is 5.32 Å². The molecule has 8 nitrogen and oxygen atoms in total. The van der Waals surface area contributed by atoms with E-state index in [4.69, 9.17) is 13.9 Å². The lowest BCUT2D eigenvalue weighted by molar-refractivity contribution is 0.0601. The minimum atomic E-state index is -0.666. The summed E-state index contributed by atoms with van der Waals surface area (Å²) in [5.74, 6) is -0.491. The first kappa shape index (κ1) is 22.2. The molecule has 1 aromatic carbocycles. The van der Waals surface area contributed by atoms with Crippen molar-refractivity contribution in [2.24, 2.45) is 0 Å². The van der Waals surface area contributed by atoms with Crippen LogP contribution in [-0.2, 0) is 9.47 Å². The van der Waals surface area contributed by atoms with Crippen molar-refractivity contribution in [2.75, 3.05) is 19.5 Å². The van der Waals surface area contributed by atoms with Crippen molar-refractivity contribution < 1.29 is 28.3 Å². The summed E-state index contributed by atoms with van der Waals surface area (Å²) in [5.41, 5.74) is 1.93. The van der Waals surface area contributed by atoms with E-state index in [0.29, 0.717) is 33.5 Å². The Morgan fingerprint density at radius 3 is 2.39 bits per heavy atom. The Kier molecular flexibility index (Phi) is 5.97. The molecule has 0 aliphatic carbocycles. The predicted octanol–water partition coefficient (Wildman–Crippen LogP) is 5.00. The Hall–Kier alpha value is -3.98. The van der Waals surface area contributed by atoms with Gasteiger partial charge < -0.3 is 19.2 Å². The van der Waals surface area contributed by atoms with Gasteiger partial charge in [0.15, 0.2) is 5.76 Å². The summed E-state index contributed by atoms with van der Waals surface area (Å²) in [7, 11) is 2.48. The minimum absolute atomic E-state index is 0.108. The number of furan rings is 1. The van der Waals surface area contributed by atoms with Gasteiger partial charge in [-0.05, 0) is 43.7 Å². The van der Waals surface area contributed by atoms with Crippen LogP contribution in [-0.4, -0.2) is 37.0 Å². The zero-order chi connectivity index (χ0) is 23.7. The molecule has 0 saturated carbocycles. The van der Waals surface area contributed by atoms with E-state index in [1.807, 2.05) is 25.1 Å². The van der Waals surface area contributed by atoms with E-state index in [1.54, 1.807) is 31.2 Å². The van der Waals surface area contributed by atoms with Gasteiger partial charge in [-0.3, -0.25) is 4.79 Å². The fraction of sp³-hybridized carbons (Fsp3) is 0.167. The number of para-hydroxylation sites is 1. The molecule has 0 unspecified atom stereocenters. The van der Waals surface area contributed by atoms with Crippen LogP contribution in [0.5, 0.6) is 0 Å². The number of benzene rings is 1. The highest BCUT2D eigenvalue weighted by Gasteiger charge is 2.27. The summed E-state index contributed by atoms with van der Waals surface area (Å²) in [5, 5.41) is 3.59. The number of ether oxygens (including phenoxy) is 2. The van der Waals surface area contributed by atoms with Gasteiger partial charge in [-0.2, -0.15) is 0 Å². The average Bonchev–Trinajstić information content (AvgIpc) is 3.40.